The molecule has 0 aliphatic heterocycles. The molecule has 1 aromatic rings. The summed E-state index contributed by atoms with van der Waals surface area (Å²) in [4.78, 5) is 0. The van der Waals surface area contributed by atoms with Gasteiger partial charge in [-0.15, -0.1) is 0 Å². The van der Waals surface area contributed by atoms with Gasteiger partial charge in [-0.1, -0.05) is 35.6 Å². The third-order valence-electron chi connectivity index (χ3n) is 7.36. The lowest BCUT2D eigenvalue weighted by Crippen LogP contribution is -2.57. The number of rotatable bonds is 0. The van der Waals surface area contributed by atoms with Crippen LogP contribution in [-0.4, -0.2) is 19.2 Å². The fourth-order valence-corrected chi connectivity index (χ4v) is 7.61. The monoisotopic (exact) mass is 412 g/mol. The highest BCUT2D eigenvalue weighted by Crippen LogP contribution is 2.69. The molecule has 0 bridgehead atoms. The summed E-state index contributed by atoms with van der Waals surface area (Å²) in [6, 6.07) is 5.96. The molecule has 0 spiro atoms. The van der Waals surface area contributed by atoms with Crippen molar-refractivity contribution in [2.45, 2.75) is 67.3 Å². The van der Waals surface area contributed by atoms with Gasteiger partial charge in [0.2, 0.25) is 0 Å². The van der Waals surface area contributed by atoms with Crippen molar-refractivity contribution < 1.29 is 10.2 Å². The molecule has 1 aromatic carbocycles. The van der Waals surface area contributed by atoms with Gasteiger partial charge in [0.1, 0.15) is 5.75 Å². The van der Waals surface area contributed by atoms with Crippen LogP contribution < -0.4 is 0 Å². The van der Waals surface area contributed by atoms with E-state index in [9.17, 15) is 10.2 Å². The molecule has 3 aliphatic rings. The van der Waals surface area contributed by atoms with E-state index in [-0.39, 0.29) is 8.84 Å². The molecule has 0 amide bonds. The number of halogens is 1. The lowest BCUT2D eigenvalue weighted by Gasteiger charge is -2.57. The minimum atomic E-state index is -0.533. The van der Waals surface area contributed by atoms with Crippen molar-refractivity contribution in [2.75, 3.05) is 0 Å². The summed E-state index contributed by atoms with van der Waals surface area (Å²) in [5.74, 6) is 1.65. The van der Waals surface area contributed by atoms with E-state index < -0.39 is 5.60 Å². The molecule has 3 aliphatic carbocycles. The maximum atomic E-state index is 11.0. The Hall–Kier alpha value is -0.290. The third-order valence-corrected chi connectivity index (χ3v) is 9.89. The van der Waals surface area contributed by atoms with Crippen molar-refractivity contribution in [3.05, 3.63) is 29.3 Å². The maximum absolute atomic E-state index is 11.0. The fraction of sp³-hybridized carbons (Fsp3) is 0.684. The number of aryl methyl sites for hydroxylation is 1. The Morgan fingerprint density at radius 2 is 1.91 bits per heavy atom. The van der Waals surface area contributed by atoms with Crippen molar-refractivity contribution in [1.29, 1.82) is 0 Å². The van der Waals surface area contributed by atoms with Crippen molar-refractivity contribution in [2.24, 2.45) is 11.3 Å². The van der Waals surface area contributed by atoms with E-state index in [1.165, 1.54) is 24.0 Å². The Balaban J connectivity index is 1.78. The van der Waals surface area contributed by atoms with E-state index in [1.54, 1.807) is 0 Å². The van der Waals surface area contributed by atoms with Crippen molar-refractivity contribution in [3.8, 4) is 5.75 Å². The van der Waals surface area contributed by atoms with E-state index in [0.29, 0.717) is 17.6 Å². The molecule has 22 heavy (non-hydrogen) atoms. The summed E-state index contributed by atoms with van der Waals surface area (Å²) < 4.78 is 0.201. The van der Waals surface area contributed by atoms with Gasteiger partial charge in [0.25, 0.3) is 0 Å². The van der Waals surface area contributed by atoms with Crippen LogP contribution in [0.5, 0.6) is 5.75 Å². The number of aliphatic hydroxyl groups is 1. The largest absolute Gasteiger partial charge is 0.508 e. The van der Waals surface area contributed by atoms with E-state index >= 15 is 0 Å². The number of phenolic OH excluding ortho intramolecular Hbond substituents is 1. The molecule has 0 radical (unpaired) electrons. The second kappa shape index (κ2) is 4.62. The van der Waals surface area contributed by atoms with E-state index in [2.05, 4.69) is 42.5 Å². The first kappa shape index (κ1) is 15.3. The van der Waals surface area contributed by atoms with Crippen molar-refractivity contribution in [1.82, 2.24) is 0 Å². The molecule has 4 rings (SSSR count). The van der Waals surface area contributed by atoms with Crippen LogP contribution in [0.25, 0.3) is 0 Å². The van der Waals surface area contributed by atoms with E-state index in [4.69, 9.17) is 0 Å². The van der Waals surface area contributed by atoms with Crippen LogP contribution in [0.3, 0.4) is 0 Å². The highest BCUT2D eigenvalue weighted by molar-refractivity contribution is 14.1. The van der Waals surface area contributed by atoms with Crippen molar-refractivity contribution >= 4 is 22.6 Å². The SMILES string of the molecule is C[C@]1(O)CCC2(I)[C@@H]3CCc4cc(O)ccc4C3CC[C@@]21C. The van der Waals surface area contributed by atoms with E-state index in [1.807, 2.05) is 12.1 Å². The number of fused-ring (bicyclic) bond motifs is 5. The molecule has 2 nitrogen and oxygen atoms in total. The minimum absolute atomic E-state index is 0.0240. The Labute approximate surface area is 146 Å². The van der Waals surface area contributed by atoms with Gasteiger partial charge in [-0.3, -0.25) is 0 Å². The maximum Gasteiger partial charge on any atom is 0.115 e. The van der Waals surface area contributed by atoms with Gasteiger partial charge in [-0.2, -0.15) is 0 Å². The Morgan fingerprint density at radius 1 is 1.14 bits per heavy atom. The quantitative estimate of drug-likeness (QED) is 0.485. The lowest BCUT2D eigenvalue weighted by molar-refractivity contribution is -0.0743. The van der Waals surface area contributed by atoms with Gasteiger partial charge in [0.05, 0.1) is 5.60 Å². The fourth-order valence-electron chi connectivity index (χ4n) is 5.74. The van der Waals surface area contributed by atoms with Crippen LogP contribution in [0.1, 0.15) is 63.0 Å². The van der Waals surface area contributed by atoms with Gasteiger partial charge in [0, 0.05) is 8.84 Å². The molecule has 3 heteroatoms. The Kier molecular flexibility index (Phi) is 3.21. The summed E-state index contributed by atoms with van der Waals surface area (Å²) >= 11 is 2.72. The first-order chi connectivity index (χ1) is 10.3. The highest BCUT2D eigenvalue weighted by atomic mass is 127. The predicted octanol–water partition coefficient (Wildman–Crippen LogP) is 4.56. The van der Waals surface area contributed by atoms with Crippen LogP contribution >= 0.6 is 22.6 Å². The molecule has 2 unspecified atom stereocenters. The molecule has 2 fully saturated rings. The van der Waals surface area contributed by atoms with Crippen LogP contribution in [0.2, 0.25) is 0 Å². The minimum Gasteiger partial charge on any atom is -0.508 e. The summed E-state index contributed by atoms with van der Waals surface area (Å²) in [5, 5.41) is 20.8. The normalized spacial score (nSPS) is 46.7. The first-order valence-corrected chi connectivity index (χ1v) is 9.59. The standard InChI is InChI=1S/C19H25IO2/c1-17-8-7-15-14-5-4-13(21)11-12(14)3-6-16(15)19(17,20)10-9-18(17,2)22/h4-5,11,15-16,21-22H,3,6-10H2,1-2H3/t15?,16-,17-,18+,19?/m1/s1. The molecule has 2 N–H and O–H groups in total. The smallest absolute Gasteiger partial charge is 0.115 e. The number of phenols is 1. The zero-order chi connectivity index (χ0) is 15.8. The molecule has 0 saturated heterocycles. The molecule has 0 heterocycles. The average Bonchev–Trinajstić information content (AvgIpc) is 2.67. The zero-order valence-corrected chi connectivity index (χ0v) is 15.6. The molecule has 5 atom stereocenters. The topological polar surface area (TPSA) is 40.5 Å². The number of aromatic hydroxyl groups is 1. The number of hydrogen-bond acceptors (Lipinski definition) is 2. The molecule has 0 aromatic heterocycles. The van der Waals surface area contributed by atoms with Gasteiger partial charge < -0.3 is 10.2 Å². The molecule has 2 saturated carbocycles. The summed E-state index contributed by atoms with van der Waals surface area (Å²) in [7, 11) is 0. The molecular formula is C19H25IO2. The zero-order valence-electron chi connectivity index (χ0n) is 13.4. The van der Waals surface area contributed by atoms with Gasteiger partial charge in [-0.05, 0) is 80.5 Å². The number of benzene rings is 1. The van der Waals surface area contributed by atoms with Crippen LogP contribution in [0, 0.1) is 11.3 Å². The highest BCUT2D eigenvalue weighted by Gasteiger charge is 2.67. The first-order valence-electron chi connectivity index (χ1n) is 8.52. The van der Waals surface area contributed by atoms with E-state index in [0.717, 1.165) is 25.7 Å². The number of hydrogen-bond donors (Lipinski definition) is 2. The van der Waals surface area contributed by atoms with Crippen LogP contribution in [0.4, 0.5) is 0 Å². The van der Waals surface area contributed by atoms with Crippen LogP contribution in [-0.2, 0) is 6.42 Å². The Bertz CT molecular complexity index is 626. The summed E-state index contributed by atoms with van der Waals surface area (Å²) in [6.45, 7) is 4.39. The van der Waals surface area contributed by atoms with Gasteiger partial charge in [-0.25, -0.2) is 0 Å². The van der Waals surface area contributed by atoms with Crippen molar-refractivity contribution in [3.63, 3.8) is 0 Å². The average molecular weight is 412 g/mol. The Morgan fingerprint density at radius 3 is 2.68 bits per heavy atom. The summed E-state index contributed by atoms with van der Waals surface area (Å²) in [6.07, 6.45) is 6.58. The summed E-state index contributed by atoms with van der Waals surface area (Å²) in [5.41, 5.74) is 2.29. The second-order valence-corrected chi connectivity index (χ2v) is 10.1. The molecule has 120 valence electrons. The van der Waals surface area contributed by atoms with Crippen LogP contribution in [0.15, 0.2) is 18.2 Å². The van der Waals surface area contributed by atoms with Gasteiger partial charge >= 0.3 is 0 Å². The lowest BCUT2D eigenvalue weighted by atomic mass is 9.53. The van der Waals surface area contributed by atoms with Gasteiger partial charge in [0.15, 0.2) is 0 Å². The molecular weight excluding hydrogens is 387 g/mol. The second-order valence-electron chi connectivity index (χ2n) is 8.14. The number of alkyl halides is 1. The predicted molar refractivity (Wildman–Crippen MR) is 96.6 cm³/mol. The third kappa shape index (κ3) is 1.75.